The molecule has 0 aliphatic carbocycles. The average Bonchev–Trinajstić information content (AvgIpc) is 2.65. The maximum absolute atomic E-state index is 5.06. The zero-order chi connectivity index (χ0) is 9.97. The van der Waals surface area contributed by atoms with Gasteiger partial charge in [0.05, 0.1) is 0 Å². The highest BCUT2D eigenvalue weighted by atomic mass is 16.5. The topological polar surface area (TPSA) is 51.0 Å². The smallest absolute Gasteiger partial charge is 0.257 e. The number of aryl methyl sites for hydroxylation is 1. The lowest BCUT2D eigenvalue weighted by Crippen LogP contribution is -1.87. The molecule has 14 heavy (non-hydrogen) atoms. The summed E-state index contributed by atoms with van der Waals surface area (Å²) in [5, 5.41) is 6.80. The number of hydrogen-bond acceptors (Lipinski definition) is 4. The summed E-state index contributed by atoms with van der Waals surface area (Å²) in [6.07, 6.45) is 0. The van der Waals surface area contributed by atoms with Crippen LogP contribution in [-0.4, -0.2) is 17.2 Å². The van der Waals surface area contributed by atoms with Gasteiger partial charge >= 0.3 is 0 Å². The molecule has 4 nitrogen and oxygen atoms in total. The fourth-order valence-corrected chi connectivity index (χ4v) is 1.22. The number of aromatic nitrogens is 2. The van der Waals surface area contributed by atoms with Crippen LogP contribution in [0.2, 0.25) is 0 Å². The molecule has 0 amide bonds. The number of rotatable bonds is 2. The number of hydrogen-bond donors (Lipinski definition) is 1. The third kappa shape index (κ3) is 1.59. The summed E-state index contributed by atoms with van der Waals surface area (Å²) in [6.45, 7) is 1.80. The van der Waals surface area contributed by atoms with Gasteiger partial charge in [0, 0.05) is 18.3 Å². The molecule has 0 unspecified atom stereocenters. The van der Waals surface area contributed by atoms with Crippen LogP contribution in [0.15, 0.2) is 28.8 Å². The van der Waals surface area contributed by atoms with Crippen molar-refractivity contribution in [2.75, 3.05) is 12.4 Å². The molecule has 0 fully saturated rings. The summed E-state index contributed by atoms with van der Waals surface area (Å²) in [7, 11) is 1.87. The lowest BCUT2D eigenvalue weighted by atomic mass is 10.2. The number of nitrogens with one attached hydrogen (secondary N) is 1. The summed E-state index contributed by atoms with van der Waals surface area (Å²) in [5.41, 5.74) is 1.95. The number of nitrogens with zero attached hydrogens (tertiary/aromatic N) is 2. The zero-order valence-corrected chi connectivity index (χ0v) is 8.11. The predicted molar refractivity (Wildman–Crippen MR) is 54.0 cm³/mol. The zero-order valence-electron chi connectivity index (χ0n) is 8.11. The summed E-state index contributed by atoms with van der Waals surface area (Å²) >= 11 is 0. The van der Waals surface area contributed by atoms with E-state index in [2.05, 4.69) is 15.5 Å². The van der Waals surface area contributed by atoms with E-state index in [1.165, 1.54) is 0 Å². The first kappa shape index (κ1) is 8.74. The molecular weight excluding hydrogens is 178 g/mol. The second-order valence-electron chi connectivity index (χ2n) is 2.98. The molecule has 72 valence electrons. The molecule has 0 bridgehead atoms. The van der Waals surface area contributed by atoms with Crippen molar-refractivity contribution in [2.24, 2.45) is 0 Å². The normalized spacial score (nSPS) is 10.1. The Bertz CT molecular complexity index is 436. The van der Waals surface area contributed by atoms with E-state index in [0.717, 1.165) is 11.3 Å². The molecule has 0 saturated heterocycles. The van der Waals surface area contributed by atoms with Gasteiger partial charge in [0.25, 0.3) is 5.89 Å². The van der Waals surface area contributed by atoms with E-state index in [4.69, 9.17) is 4.52 Å². The third-order valence-electron chi connectivity index (χ3n) is 1.93. The van der Waals surface area contributed by atoms with Crippen molar-refractivity contribution in [3.63, 3.8) is 0 Å². The lowest BCUT2D eigenvalue weighted by molar-refractivity contribution is 0.425. The van der Waals surface area contributed by atoms with Gasteiger partial charge < -0.3 is 9.84 Å². The average molecular weight is 189 g/mol. The molecule has 0 radical (unpaired) electrons. The fourth-order valence-electron chi connectivity index (χ4n) is 1.22. The van der Waals surface area contributed by atoms with Crippen LogP contribution in [0.5, 0.6) is 0 Å². The van der Waals surface area contributed by atoms with Crippen LogP contribution in [-0.2, 0) is 0 Å². The quantitative estimate of drug-likeness (QED) is 0.785. The van der Waals surface area contributed by atoms with E-state index in [0.29, 0.717) is 11.7 Å². The number of benzene rings is 1. The summed E-state index contributed by atoms with van der Waals surface area (Å²) in [6, 6.07) is 7.83. The maximum Gasteiger partial charge on any atom is 0.257 e. The monoisotopic (exact) mass is 189 g/mol. The van der Waals surface area contributed by atoms with Crippen molar-refractivity contribution in [3.05, 3.63) is 30.1 Å². The van der Waals surface area contributed by atoms with Gasteiger partial charge in [-0.05, 0) is 25.1 Å². The van der Waals surface area contributed by atoms with Crippen LogP contribution in [0.3, 0.4) is 0 Å². The van der Waals surface area contributed by atoms with Gasteiger partial charge in [-0.2, -0.15) is 4.98 Å². The Morgan fingerprint density at radius 2 is 2.21 bits per heavy atom. The van der Waals surface area contributed by atoms with E-state index < -0.39 is 0 Å². The predicted octanol–water partition coefficient (Wildman–Crippen LogP) is 2.09. The Hall–Kier alpha value is -1.84. The van der Waals surface area contributed by atoms with Crippen molar-refractivity contribution < 1.29 is 4.52 Å². The Kier molecular flexibility index (Phi) is 2.18. The highest BCUT2D eigenvalue weighted by Gasteiger charge is 2.05. The molecule has 0 atom stereocenters. The molecular formula is C10H11N3O. The molecule has 0 saturated carbocycles. The van der Waals surface area contributed by atoms with Gasteiger partial charge in [-0.3, -0.25) is 0 Å². The van der Waals surface area contributed by atoms with Gasteiger partial charge in [-0.25, -0.2) is 0 Å². The van der Waals surface area contributed by atoms with Crippen molar-refractivity contribution in [3.8, 4) is 11.5 Å². The molecule has 2 aromatic rings. The molecule has 1 aromatic heterocycles. The molecule has 0 aliphatic rings. The van der Waals surface area contributed by atoms with Crippen molar-refractivity contribution in [1.29, 1.82) is 0 Å². The Balaban J connectivity index is 2.41. The first-order valence-corrected chi connectivity index (χ1v) is 4.38. The summed E-state index contributed by atoms with van der Waals surface area (Å²) < 4.78 is 5.06. The molecule has 1 heterocycles. The first-order valence-electron chi connectivity index (χ1n) is 4.38. The van der Waals surface area contributed by atoms with E-state index in [-0.39, 0.29) is 0 Å². The largest absolute Gasteiger partial charge is 0.388 e. The third-order valence-corrected chi connectivity index (χ3v) is 1.93. The molecule has 1 aromatic carbocycles. The van der Waals surface area contributed by atoms with Crippen LogP contribution in [0, 0.1) is 6.92 Å². The molecule has 4 heteroatoms. The summed E-state index contributed by atoms with van der Waals surface area (Å²) in [5.74, 6) is 1.20. The van der Waals surface area contributed by atoms with Crippen LogP contribution in [0.1, 0.15) is 5.82 Å². The minimum atomic E-state index is 0.555. The van der Waals surface area contributed by atoms with Gasteiger partial charge in [0.2, 0.25) is 0 Å². The van der Waals surface area contributed by atoms with Crippen LogP contribution in [0.4, 0.5) is 5.69 Å². The molecule has 1 N–H and O–H groups in total. The highest BCUT2D eigenvalue weighted by Crippen LogP contribution is 2.20. The van der Waals surface area contributed by atoms with E-state index in [1.807, 2.05) is 31.3 Å². The van der Waals surface area contributed by atoms with Gasteiger partial charge in [0.1, 0.15) is 0 Å². The second-order valence-corrected chi connectivity index (χ2v) is 2.98. The Labute approximate surface area is 82.0 Å². The maximum atomic E-state index is 5.06. The minimum absolute atomic E-state index is 0.555. The van der Waals surface area contributed by atoms with E-state index >= 15 is 0 Å². The van der Waals surface area contributed by atoms with Gasteiger partial charge in [-0.15, -0.1) is 0 Å². The van der Waals surface area contributed by atoms with Crippen molar-refractivity contribution >= 4 is 5.69 Å². The SMILES string of the molecule is CNc1cccc(-c2nc(C)no2)c1. The van der Waals surface area contributed by atoms with Crippen LogP contribution >= 0.6 is 0 Å². The van der Waals surface area contributed by atoms with Crippen LogP contribution < -0.4 is 5.32 Å². The van der Waals surface area contributed by atoms with Crippen molar-refractivity contribution in [2.45, 2.75) is 6.92 Å². The van der Waals surface area contributed by atoms with E-state index in [1.54, 1.807) is 6.92 Å². The van der Waals surface area contributed by atoms with Gasteiger partial charge in [0.15, 0.2) is 5.82 Å². The fraction of sp³-hybridized carbons (Fsp3) is 0.200. The lowest BCUT2D eigenvalue weighted by Gasteiger charge is -1.99. The Morgan fingerprint density at radius 1 is 1.36 bits per heavy atom. The second kappa shape index (κ2) is 3.49. The van der Waals surface area contributed by atoms with Gasteiger partial charge in [-0.1, -0.05) is 11.2 Å². The molecule has 2 rings (SSSR count). The highest BCUT2D eigenvalue weighted by molar-refractivity contribution is 5.60. The standard InChI is InChI=1S/C10H11N3O/c1-7-12-10(14-13-7)8-4-3-5-9(6-8)11-2/h3-6,11H,1-2H3. The molecule has 0 spiro atoms. The van der Waals surface area contributed by atoms with Crippen LogP contribution in [0.25, 0.3) is 11.5 Å². The summed E-state index contributed by atoms with van der Waals surface area (Å²) in [4.78, 5) is 4.15. The molecule has 0 aliphatic heterocycles. The minimum Gasteiger partial charge on any atom is -0.388 e. The van der Waals surface area contributed by atoms with E-state index in [9.17, 15) is 0 Å². The first-order chi connectivity index (χ1) is 6.79. The van der Waals surface area contributed by atoms with Crippen molar-refractivity contribution in [1.82, 2.24) is 10.1 Å². The Morgan fingerprint density at radius 3 is 2.86 bits per heavy atom. The number of anilines is 1.